The summed E-state index contributed by atoms with van der Waals surface area (Å²) in [5.41, 5.74) is 2.55. The van der Waals surface area contributed by atoms with Gasteiger partial charge in [0.2, 0.25) is 0 Å². The molecule has 0 saturated heterocycles. The second-order valence-electron chi connectivity index (χ2n) is 4.16. The Kier molecular flexibility index (Phi) is 5.24. The van der Waals surface area contributed by atoms with E-state index in [2.05, 4.69) is 47.1 Å². The summed E-state index contributed by atoms with van der Waals surface area (Å²) in [7, 11) is 1.74. The first kappa shape index (κ1) is 13.1. The molecule has 1 heterocycles. The molecule has 1 aromatic heterocycles. The van der Waals surface area contributed by atoms with E-state index in [9.17, 15) is 0 Å². The molecule has 0 aliphatic heterocycles. The highest BCUT2D eigenvalue weighted by atomic mass is 32.1. The minimum absolute atomic E-state index is 0.767. The van der Waals surface area contributed by atoms with Crippen molar-refractivity contribution >= 4 is 17.0 Å². The monoisotopic (exact) mass is 261 g/mol. The van der Waals surface area contributed by atoms with Gasteiger partial charge in [0.25, 0.3) is 0 Å². The molecule has 1 aromatic carbocycles. The van der Waals surface area contributed by atoms with Gasteiger partial charge in [-0.2, -0.15) is 0 Å². The molecule has 0 amide bonds. The first-order valence-electron chi connectivity index (χ1n) is 6.23. The third-order valence-electron chi connectivity index (χ3n) is 2.86. The summed E-state index contributed by atoms with van der Waals surface area (Å²) in [5.74, 6) is 0. The highest BCUT2D eigenvalue weighted by molar-refractivity contribution is 7.09. The van der Waals surface area contributed by atoms with Gasteiger partial charge >= 0.3 is 0 Å². The van der Waals surface area contributed by atoms with Gasteiger partial charge in [0.05, 0.1) is 6.61 Å². The number of anilines is 1. The molecule has 96 valence electrons. The Hall–Kier alpha value is -1.32. The van der Waals surface area contributed by atoms with Gasteiger partial charge in [-0.3, -0.25) is 0 Å². The molecule has 3 heteroatoms. The van der Waals surface area contributed by atoms with Gasteiger partial charge in [-0.1, -0.05) is 24.3 Å². The van der Waals surface area contributed by atoms with Crippen LogP contribution < -0.4 is 5.32 Å². The lowest BCUT2D eigenvalue weighted by atomic mass is 10.1. The van der Waals surface area contributed by atoms with Crippen LogP contribution in [0.25, 0.3) is 0 Å². The van der Waals surface area contributed by atoms with E-state index in [1.165, 1.54) is 16.1 Å². The quantitative estimate of drug-likeness (QED) is 0.822. The maximum atomic E-state index is 5.14. The smallest absolute Gasteiger partial charge is 0.0503 e. The number of rotatable bonds is 7. The first-order chi connectivity index (χ1) is 8.90. The van der Waals surface area contributed by atoms with Gasteiger partial charge in [-0.15, -0.1) is 11.3 Å². The zero-order valence-corrected chi connectivity index (χ0v) is 11.5. The maximum Gasteiger partial charge on any atom is 0.0503 e. The minimum Gasteiger partial charge on any atom is -0.384 e. The number of thiophene rings is 1. The highest BCUT2D eigenvalue weighted by Crippen LogP contribution is 2.16. The molecular formula is C15H19NOS. The third-order valence-corrected chi connectivity index (χ3v) is 3.80. The standard InChI is InChI=1S/C15H19NOS/c1-17-11-9-13-5-2-3-7-15(13)16-10-8-14-6-4-12-18-14/h2-7,12,16H,8-11H2,1H3. The van der Waals surface area contributed by atoms with Crippen LogP contribution >= 0.6 is 11.3 Å². The van der Waals surface area contributed by atoms with E-state index in [-0.39, 0.29) is 0 Å². The van der Waals surface area contributed by atoms with Crippen molar-refractivity contribution in [2.24, 2.45) is 0 Å². The molecule has 0 aliphatic rings. The van der Waals surface area contributed by atoms with E-state index >= 15 is 0 Å². The summed E-state index contributed by atoms with van der Waals surface area (Å²) in [6.45, 7) is 1.74. The Morgan fingerprint density at radius 1 is 1.11 bits per heavy atom. The number of ether oxygens (including phenoxy) is 1. The molecule has 1 N–H and O–H groups in total. The Morgan fingerprint density at radius 3 is 2.78 bits per heavy atom. The Labute approximate surface area is 113 Å². The molecule has 0 fully saturated rings. The second-order valence-corrected chi connectivity index (χ2v) is 5.19. The van der Waals surface area contributed by atoms with E-state index in [1.807, 2.05) is 11.3 Å². The normalized spacial score (nSPS) is 10.5. The summed E-state index contributed by atoms with van der Waals surface area (Å²) in [4.78, 5) is 1.43. The van der Waals surface area contributed by atoms with E-state index in [0.29, 0.717) is 0 Å². The van der Waals surface area contributed by atoms with Crippen LogP contribution in [0.5, 0.6) is 0 Å². The van der Waals surface area contributed by atoms with Crippen molar-refractivity contribution in [3.05, 3.63) is 52.2 Å². The van der Waals surface area contributed by atoms with Crippen molar-refractivity contribution in [2.75, 3.05) is 25.6 Å². The van der Waals surface area contributed by atoms with Crippen LogP contribution in [0.4, 0.5) is 5.69 Å². The molecule has 0 atom stereocenters. The molecule has 0 aliphatic carbocycles. The van der Waals surface area contributed by atoms with Gasteiger partial charge in [0.15, 0.2) is 0 Å². The van der Waals surface area contributed by atoms with Crippen LogP contribution in [-0.2, 0) is 17.6 Å². The van der Waals surface area contributed by atoms with Crippen molar-refractivity contribution in [3.8, 4) is 0 Å². The summed E-state index contributed by atoms with van der Waals surface area (Å²) < 4.78 is 5.14. The van der Waals surface area contributed by atoms with Crippen LogP contribution in [0.2, 0.25) is 0 Å². The second kappa shape index (κ2) is 7.19. The minimum atomic E-state index is 0.767. The molecule has 0 spiro atoms. The largest absolute Gasteiger partial charge is 0.384 e. The number of methoxy groups -OCH3 is 1. The van der Waals surface area contributed by atoms with E-state index in [0.717, 1.165) is 26.0 Å². The van der Waals surface area contributed by atoms with Gasteiger partial charge < -0.3 is 10.1 Å². The maximum absolute atomic E-state index is 5.14. The SMILES string of the molecule is COCCc1ccccc1NCCc1cccs1. The van der Waals surface area contributed by atoms with Crippen molar-refractivity contribution in [2.45, 2.75) is 12.8 Å². The van der Waals surface area contributed by atoms with Crippen LogP contribution in [0, 0.1) is 0 Å². The molecule has 18 heavy (non-hydrogen) atoms. The number of hydrogen-bond acceptors (Lipinski definition) is 3. The lowest BCUT2D eigenvalue weighted by molar-refractivity contribution is 0.202. The number of nitrogens with one attached hydrogen (secondary N) is 1. The molecule has 0 saturated carbocycles. The average Bonchev–Trinajstić information content (AvgIpc) is 2.91. The summed E-state index contributed by atoms with van der Waals surface area (Å²) >= 11 is 1.82. The van der Waals surface area contributed by atoms with E-state index < -0.39 is 0 Å². The van der Waals surface area contributed by atoms with Gasteiger partial charge in [-0.25, -0.2) is 0 Å². The fourth-order valence-electron chi connectivity index (χ4n) is 1.90. The highest BCUT2D eigenvalue weighted by Gasteiger charge is 2.01. The number of hydrogen-bond donors (Lipinski definition) is 1. The topological polar surface area (TPSA) is 21.3 Å². The predicted molar refractivity (Wildman–Crippen MR) is 78.5 cm³/mol. The van der Waals surface area contributed by atoms with Crippen LogP contribution in [-0.4, -0.2) is 20.3 Å². The van der Waals surface area contributed by atoms with Crippen LogP contribution in [0.1, 0.15) is 10.4 Å². The Balaban J connectivity index is 1.87. The summed E-state index contributed by atoms with van der Waals surface area (Å²) in [6, 6.07) is 12.7. The van der Waals surface area contributed by atoms with Crippen LogP contribution in [0.3, 0.4) is 0 Å². The first-order valence-corrected chi connectivity index (χ1v) is 7.11. The average molecular weight is 261 g/mol. The Morgan fingerprint density at radius 2 is 2.00 bits per heavy atom. The molecule has 2 rings (SSSR count). The molecule has 0 bridgehead atoms. The summed E-state index contributed by atoms with van der Waals surface area (Å²) in [5, 5.41) is 5.64. The molecule has 2 nitrogen and oxygen atoms in total. The zero-order valence-electron chi connectivity index (χ0n) is 10.7. The van der Waals surface area contributed by atoms with Gasteiger partial charge in [0, 0.05) is 24.2 Å². The number of para-hydroxylation sites is 1. The fraction of sp³-hybridized carbons (Fsp3) is 0.333. The predicted octanol–water partition coefficient (Wildman–Crippen LogP) is 3.59. The summed E-state index contributed by atoms with van der Waals surface area (Å²) in [6.07, 6.45) is 2.04. The lowest BCUT2D eigenvalue weighted by Crippen LogP contribution is -2.07. The van der Waals surface area contributed by atoms with Crippen molar-refractivity contribution in [1.82, 2.24) is 0 Å². The molecular weight excluding hydrogens is 242 g/mol. The van der Waals surface area contributed by atoms with E-state index in [4.69, 9.17) is 4.74 Å². The van der Waals surface area contributed by atoms with E-state index in [1.54, 1.807) is 7.11 Å². The van der Waals surface area contributed by atoms with Gasteiger partial charge in [-0.05, 0) is 35.9 Å². The van der Waals surface area contributed by atoms with Crippen molar-refractivity contribution in [1.29, 1.82) is 0 Å². The lowest BCUT2D eigenvalue weighted by Gasteiger charge is -2.11. The van der Waals surface area contributed by atoms with Crippen molar-refractivity contribution in [3.63, 3.8) is 0 Å². The van der Waals surface area contributed by atoms with Crippen LogP contribution in [0.15, 0.2) is 41.8 Å². The number of benzene rings is 1. The Bertz CT molecular complexity index is 453. The molecule has 0 radical (unpaired) electrons. The molecule has 2 aromatic rings. The molecule has 0 unspecified atom stereocenters. The van der Waals surface area contributed by atoms with Gasteiger partial charge in [0.1, 0.15) is 0 Å². The van der Waals surface area contributed by atoms with Crippen molar-refractivity contribution < 1.29 is 4.74 Å². The third kappa shape index (κ3) is 3.86. The zero-order chi connectivity index (χ0) is 12.6. The fourth-order valence-corrected chi connectivity index (χ4v) is 2.61.